The lowest BCUT2D eigenvalue weighted by atomic mass is 10.2. The van der Waals surface area contributed by atoms with Gasteiger partial charge >= 0.3 is 0 Å². The first kappa shape index (κ1) is 9.33. The number of halogens is 3. The topological polar surface area (TPSA) is 26.0 Å². The molecule has 2 N–H and O–H groups in total. The molecule has 0 unspecified atom stereocenters. The average molecular weight is 255 g/mol. The molecule has 0 aliphatic carbocycles. The van der Waals surface area contributed by atoms with Crippen molar-refractivity contribution in [3.8, 4) is 0 Å². The third-order valence-corrected chi connectivity index (χ3v) is 3.15. The van der Waals surface area contributed by atoms with Gasteiger partial charge in [0.1, 0.15) is 0 Å². The number of benzene rings is 1. The molecule has 0 fully saturated rings. The van der Waals surface area contributed by atoms with Gasteiger partial charge in [-0.25, -0.2) is 0 Å². The number of rotatable bonds is 1. The predicted octanol–water partition coefficient (Wildman–Crippen LogP) is 3.21. The van der Waals surface area contributed by atoms with Crippen LogP contribution in [0, 0.1) is 0 Å². The van der Waals surface area contributed by atoms with Crippen molar-refractivity contribution >= 4 is 39.1 Å². The molecule has 0 aliphatic rings. The highest BCUT2D eigenvalue weighted by atomic mass is 79.9. The van der Waals surface area contributed by atoms with E-state index in [9.17, 15) is 0 Å². The van der Waals surface area contributed by atoms with Gasteiger partial charge in [-0.2, -0.15) is 0 Å². The van der Waals surface area contributed by atoms with E-state index < -0.39 is 0 Å². The maximum absolute atomic E-state index is 5.83. The van der Waals surface area contributed by atoms with Gasteiger partial charge in [0.05, 0.1) is 5.02 Å². The molecule has 60 valence electrons. The van der Waals surface area contributed by atoms with Crippen molar-refractivity contribution in [2.75, 3.05) is 0 Å². The summed E-state index contributed by atoms with van der Waals surface area (Å²) in [5.74, 6) is 0. The van der Waals surface area contributed by atoms with Crippen LogP contribution in [0.3, 0.4) is 0 Å². The minimum atomic E-state index is 0.389. The van der Waals surface area contributed by atoms with Crippen LogP contribution in [0.2, 0.25) is 10.0 Å². The van der Waals surface area contributed by atoms with E-state index in [0.29, 0.717) is 16.6 Å². The predicted molar refractivity (Wildman–Crippen MR) is 52.1 cm³/mol. The van der Waals surface area contributed by atoms with E-state index in [2.05, 4.69) is 15.9 Å². The van der Waals surface area contributed by atoms with E-state index in [1.54, 1.807) is 12.1 Å². The Morgan fingerprint density at radius 3 is 2.27 bits per heavy atom. The summed E-state index contributed by atoms with van der Waals surface area (Å²) in [6.45, 7) is 0.389. The minimum absolute atomic E-state index is 0.389. The molecular formula is C7H6BrCl2N. The first-order valence-electron chi connectivity index (χ1n) is 2.99. The molecule has 0 atom stereocenters. The quantitative estimate of drug-likeness (QED) is 0.766. The summed E-state index contributed by atoms with van der Waals surface area (Å²) in [5.41, 5.74) is 6.29. The molecule has 0 heterocycles. The van der Waals surface area contributed by atoms with Crippen molar-refractivity contribution in [1.29, 1.82) is 0 Å². The van der Waals surface area contributed by atoms with Crippen molar-refractivity contribution in [2.45, 2.75) is 6.54 Å². The van der Waals surface area contributed by atoms with E-state index >= 15 is 0 Å². The molecule has 0 amide bonds. The second-order valence-corrected chi connectivity index (χ2v) is 3.63. The molecule has 0 bridgehead atoms. The van der Waals surface area contributed by atoms with Gasteiger partial charge in [-0.1, -0.05) is 23.2 Å². The smallest absolute Gasteiger partial charge is 0.0552 e. The lowest BCUT2D eigenvalue weighted by Gasteiger charge is -2.04. The van der Waals surface area contributed by atoms with Gasteiger partial charge in [0.15, 0.2) is 0 Å². The fourth-order valence-corrected chi connectivity index (χ4v) is 1.79. The third kappa shape index (κ3) is 1.88. The zero-order chi connectivity index (χ0) is 8.43. The van der Waals surface area contributed by atoms with E-state index in [-0.39, 0.29) is 0 Å². The summed E-state index contributed by atoms with van der Waals surface area (Å²) in [5, 5.41) is 1.28. The first-order valence-corrected chi connectivity index (χ1v) is 4.54. The molecule has 1 rings (SSSR count). The Labute approximate surface area is 83.6 Å². The molecule has 0 aromatic heterocycles. The maximum Gasteiger partial charge on any atom is 0.0552 e. The highest BCUT2D eigenvalue weighted by Crippen LogP contribution is 2.31. The molecule has 4 heteroatoms. The number of nitrogens with two attached hydrogens (primary N) is 1. The summed E-state index contributed by atoms with van der Waals surface area (Å²) in [7, 11) is 0. The van der Waals surface area contributed by atoms with Gasteiger partial charge in [-0.05, 0) is 33.6 Å². The van der Waals surface area contributed by atoms with Crippen LogP contribution in [0.1, 0.15) is 5.56 Å². The van der Waals surface area contributed by atoms with Crippen molar-refractivity contribution in [3.63, 3.8) is 0 Å². The van der Waals surface area contributed by atoms with Gasteiger partial charge in [-0.3, -0.25) is 0 Å². The molecule has 0 aliphatic heterocycles. The van der Waals surface area contributed by atoms with Gasteiger partial charge in [-0.15, -0.1) is 0 Å². The molecule has 0 spiro atoms. The van der Waals surface area contributed by atoms with Crippen LogP contribution in [0.15, 0.2) is 16.6 Å². The summed E-state index contributed by atoms with van der Waals surface area (Å²) < 4.78 is 0.786. The van der Waals surface area contributed by atoms with E-state index in [4.69, 9.17) is 28.9 Å². The maximum atomic E-state index is 5.83. The molecular weight excluding hydrogens is 249 g/mol. The van der Waals surface area contributed by atoms with Gasteiger partial charge in [0.2, 0.25) is 0 Å². The monoisotopic (exact) mass is 253 g/mol. The van der Waals surface area contributed by atoms with Crippen LogP contribution < -0.4 is 5.73 Å². The van der Waals surface area contributed by atoms with Crippen LogP contribution in [-0.4, -0.2) is 0 Å². The molecule has 1 aromatic carbocycles. The Bertz CT molecular complexity index is 275. The van der Waals surface area contributed by atoms with E-state index in [0.717, 1.165) is 10.0 Å². The summed E-state index contributed by atoms with van der Waals surface area (Å²) in [6.07, 6.45) is 0. The number of hydrogen-bond acceptors (Lipinski definition) is 1. The van der Waals surface area contributed by atoms with Crippen molar-refractivity contribution in [2.24, 2.45) is 5.73 Å². The average Bonchev–Trinajstić information content (AvgIpc) is 1.99. The summed E-state index contributed by atoms with van der Waals surface area (Å²) in [4.78, 5) is 0. The standard InChI is InChI=1S/C7H6BrCl2N/c8-7-4(3-11)5(9)1-2-6(7)10/h1-2H,3,11H2. The summed E-state index contributed by atoms with van der Waals surface area (Å²) in [6, 6.07) is 3.46. The second kappa shape index (κ2) is 3.76. The van der Waals surface area contributed by atoms with Crippen LogP contribution in [0.4, 0.5) is 0 Å². The van der Waals surface area contributed by atoms with Crippen LogP contribution >= 0.6 is 39.1 Å². The summed E-state index contributed by atoms with van der Waals surface area (Å²) >= 11 is 14.9. The molecule has 0 saturated heterocycles. The van der Waals surface area contributed by atoms with Crippen LogP contribution in [0.5, 0.6) is 0 Å². The van der Waals surface area contributed by atoms with Crippen molar-refractivity contribution in [1.82, 2.24) is 0 Å². The minimum Gasteiger partial charge on any atom is -0.326 e. The van der Waals surface area contributed by atoms with Gasteiger partial charge < -0.3 is 5.73 Å². The Morgan fingerprint density at radius 2 is 1.82 bits per heavy atom. The Morgan fingerprint density at radius 1 is 1.27 bits per heavy atom. The number of hydrogen-bond donors (Lipinski definition) is 1. The Hall–Kier alpha value is 0.240. The second-order valence-electron chi connectivity index (χ2n) is 2.03. The molecule has 1 nitrogen and oxygen atoms in total. The third-order valence-electron chi connectivity index (χ3n) is 1.34. The lowest BCUT2D eigenvalue weighted by Crippen LogP contribution is -1.98. The highest BCUT2D eigenvalue weighted by molar-refractivity contribution is 9.10. The fraction of sp³-hybridized carbons (Fsp3) is 0.143. The molecule has 1 aromatic rings. The van der Waals surface area contributed by atoms with Crippen LogP contribution in [-0.2, 0) is 6.54 Å². The normalized spacial score (nSPS) is 10.2. The molecule has 0 radical (unpaired) electrons. The fourth-order valence-electron chi connectivity index (χ4n) is 0.756. The zero-order valence-electron chi connectivity index (χ0n) is 5.57. The largest absolute Gasteiger partial charge is 0.326 e. The van der Waals surface area contributed by atoms with E-state index in [1.807, 2.05) is 0 Å². The highest BCUT2D eigenvalue weighted by Gasteiger charge is 2.06. The van der Waals surface area contributed by atoms with Crippen molar-refractivity contribution in [3.05, 3.63) is 32.2 Å². The van der Waals surface area contributed by atoms with Crippen molar-refractivity contribution < 1.29 is 0 Å². The van der Waals surface area contributed by atoms with E-state index in [1.165, 1.54) is 0 Å². The Balaban J connectivity index is 3.29. The van der Waals surface area contributed by atoms with Gasteiger partial charge in [0, 0.05) is 16.0 Å². The Kier molecular flexibility index (Phi) is 3.19. The molecule has 11 heavy (non-hydrogen) atoms. The van der Waals surface area contributed by atoms with Crippen LogP contribution in [0.25, 0.3) is 0 Å². The SMILES string of the molecule is NCc1c(Cl)ccc(Cl)c1Br. The lowest BCUT2D eigenvalue weighted by molar-refractivity contribution is 1.06. The van der Waals surface area contributed by atoms with Gasteiger partial charge in [0.25, 0.3) is 0 Å². The first-order chi connectivity index (χ1) is 5.16. The molecule has 0 saturated carbocycles. The zero-order valence-corrected chi connectivity index (χ0v) is 8.67.